The summed E-state index contributed by atoms with van der Waals surface area (Å²) in [6, 6.07) is 7.69. The minimum atomic E-state index is -0.00901. The van der Waals surface area contributed by atoms with Crippen molar-refractivity contribution in [2.24, 2.45) is 0 Å². The fourth-order valence-electron chi connectivity index (χ4n) is 1.52. The van der Waals surface area contributed by atoms with Gasteiger partial charge in [0.1, 0.15) is 0 Å². The molecule has 108 valence electrons. The van der Waals surface area contributed by atoms with Crippen molar-refractivity contribution in [2.75, 3.05) is 19.8 Å². The average Bonchev–Trinajstić information content (AvgIpc) is 2.47. The van der Waals surface area contributed by atoms with Crippen molar-refractivity contribution in [1.82, 2.24) is 5.32 Å². The van der Waals surface area contributed by atoms with E-state index in [-0.39, 0.29) is 12.5 Å². The molecule has 20 heavy (non-hydrogen) atoms. The topological polar surface area (TPSA) is 58.6 Å². The number of carbonyl (C=O) groups excluding carboxylic acids is 1. The van der Waals surface area contributed by atoms with Gasteiger partial charge in [0.05, 0.1) is 13.2 Å². The largest absolute Gasteiger partial charge is 0.395 e. The number of aliphatic hydroxyl groups is 1. The van der Waals surface area contributed by atoms with Gasteiger partial charge in [0.15, 0.2) is 0 Å². The van der Waals surface area contributed by atoms with Gasteiger partial charge in [-0.25, -0.2) is 0 Å². The molecule has 0 aliphatic carbocycles. The Morgan fingerprint density at radius 1 is 1.35 bits per heavy atom. The molecule has 0 saturated carbocycles. The Hall–Kier alpha value is -1.83. The van der Waals surface area contributed by atoms with Crippen LogP contribution in [0.25, 0.3) is 0 Å². The van der Waals surface area contributed by atoms with E-state index in [1.54, 1.807) is 0 Å². The van der Waals surface area contributed by atoms with Crippen molar-refractivity contribution in [3.05, 3.63) is 35.4 Å². The molecule has 0 radical (unpaired) electrons. The molecular formula is C16H21NO3. The maximum Gasteiger partial charge on any atom is 0.222 e. The minimum absolute atomic E-state index is 0.00901. The molecule has 0 heterocycles. The van der Waals surface area contributed by atoms with E-state index in [1.807, 2.05) is 31.2 Å². The summed E-state index contributed by atoms with van der Waals surface area (Å²) in [5.74, 6) is 5.82. The van der Waals surface area contributed by atoms with Crippen molar-refractivity contribution in [3.8, 4) is 11.8 Å². The second-order valence-corrected chi connectivity index (χ2v) is 4.20. The molecule has 0 saturated heterocycles. The van der Waals surface area contributed by atoms with Crippen LogP contribution in [-0.4, -0.2) is 30.8 Å². The van der Waals surface area contributed by atoms with Gasteiger partial charge >= 0.3 is 0 Å². The van der Waals surface area contributed by atoms with Crippen LogP contribution in [0.5, 0.6) is 0 Å². The molecule has 1 amide bonds. The van der Waals surface area contributed by atoms with Crippen molar-refractivity contribution in [1.29, 1.82) is 0 Å². The number of carbonyl (C=O) groups is 1. The third kappa shape index (κ3) is 6.93. The summed E-state index contributed by atoms with van der Waals surface area (Å²) in [7, 11) is 0. The highest BCUT2D eigenvalue weighted by atomic mass is 16.5. The molecule has 0 spiro atoms. The van der Waals surface area contributed by atoms with Crippen molar-refractivity contribution < 1.29 is 14.6 Å². The zero-order chi connectivity index (χ0) is 14.6. The number of ether oxygens (including phenoxy) is 1. The van der Waals surface area contributed by atoms with Gasteiger partial charge in [-0.2, -0.15) is 0 Å². The Balaban J connectivity index is 2.35. The molecule has 4 nitrogen and oxygen atoms in total. The van der Waals surface area contributed by atoms with Crippen LogP contribution in [0, 0.1) is 11.8 Å². The molecule has 1 aromatic carbocycles. The summed E-state index contributed by atoms with van der Waals surface area (Å²) in [4.78, 5) is 11.5. The van der Waals surface area contributed by atoms with Gasteiger partial charge < -0.3 is 15.2 Å². The lowest BCUT2D eigenvalue weighted by Gasteiger charge is -2.05. The maximum absolute atomic E-state index is 11.5. The highest BCUT2D eigenvalue weighted by molar-refractivity contribution is 5.75. The second kappa shape index (κ2) is 10.0. The van der Waals surface area contributed by atoms with Crippen LogP contribution in [0.15, 0.2) is 24.3 Å². The molecule has 2 N–H and O–H groups in total. The number of nitrogens with one attached hydrogen (secondary N) is 1. The number of amides is 1. The standard InChI is InChI=1S/C16H21NO3/c1-2-20-12-10-16(19)17-13-15-8-6-14(7-9-15)5-3-4-11-18/h6-9,18H,2,4,10-13H2,1H3,(H,17,19). The molecule has 0 atom stereocenters. The van der Waals surface area contributed by atoms with Gasteiger partial charge in [0, 0.05) is 31.6 Å². The summed E-state index contributed by atoms with van der Waals surface area (Å²) >= 11 is 0. The molecule has 0 unspecified atom stereocenters. The van der Waals surface area contributed by atoms with E-state index in [4.69, 9.17) is 9.84 Å². The summed E-state index contributed by atoms with van der Waals surface area (Å²) < 4.78 is 5.12. The zero-order valence-corrected chi connectivity index (χ0v) is 11.8. The quantitative estimate of drug-likeness (QED) is 0.585. The second-order valence-electron chi connectivity index (χ2n) is 4.20. The molecule has 0 fully saturated rings. The van der Waals surface area contributed by atoms with Crippen LogP contribution < -0.4 is 5.32 Å². The number of aliphatic hydroxyl groups excluding tert-OH is 1. The highest BCUT2D eigenvalue weighted by Crippen LogP contribution is 2.03. The van der Waals surface area contributed by atoms with E-state index in [9.17, 15) is 4.79 Å². The number of rotatable bonds is 7. The first-order chi connectivity index (χ1) is 9.76. The SMILES string of the molecule is CCOCCC(=O)NCc1ccc(C#CCCO)cc1. The van der Waals surface area contributed by atoms with Crippen LogP contribution in [0.4, 0.5) is 0 Å². The molecule has 1 rings (SSSR count). The Kier molecular flexibility index (Phi) is 8.13. The fourth-order valence-corrected chi connectivity index (χ4v) is 1.52. The molecule has 0 aromatic heterocycles. The third-order valence-electron chi connectivity index (χ3n) is 2.59. The van der Waals surface area contributed by atoms with Gasteiger partial charge in [-0.1, -0.05) is 24.0 Å². The smallest absolute Gasteiger partial charge is 0.222 e. The van der Waals surface area contributed by atoms with Crippen LogP contribution in [0.3, 0.4) is 0 Å². The summed E-state index contributed by atoms with van der Waals surface area (Å²) in [5, 5.41) is 11.5. The first-order valence-electron chi connectivity index (χ1n) is 6.79. The minimum Gasteiger partial charge on any atom is -0.395 e. The monoisotopic (exact) mass is 275 g/mol. The molecular weight excluding hydrogens is 254 g/mol. The molecule has 0 aliphatic heterocycles. The fraction of sp³-hybridized carbons (Fsp3) is 0.438. The first kappa shape index (κ1) is 16.2. The lowest BCUT2D eigenvalue weighted by atomic mass is 10.1. The van der Waals surface area contributed by atoms with Gasteiger partial charge in [0.2, 0.25) is 5.91 Å². The van der Waals surface area contributed by atoms with Crippen LogP contribution >= 0.6 is 0 Å². The van der Waals surface area contributed by atoms with Crippen molar-refractivity contribution >= 4 is 5.91 Å². The summed E-state index contributed by atoms with van der Waals surface area (Å²) in [6.07, 6.45) is 0.871. The van der Waals surface area contributed by atoms with E-state index >= 15 is 0 Å². The Morgan fingerprint density at radius 3 is 2.75 bits per heavy atom. The maximum atomic E-state index is 11.5. The van der Waals surface area contributed by atoms with E-state index in [0.717, 1.165) is 11.1 Å². The molecule has 1 aromatic rings. The van der Waals surface area contributed by atoms with Gasteiger partial charge in [-0.05, 0) is 24.6 Å². The Labute approximate surface area is 120 Å². The van der Waals surface area contributed by atoms with Gasteiger partial charge in [0.25, 0.3) is 0 Å². The van der Waals surface area contributed by atoms with E-state index in [1.165, 1.54) is 0 Å². The molecule has 0 aliphatic rings. The number of benzene rings is 1. The van der Waals surface area contributed by atoms with Crippen molar-refractivity contribution in [2.45, 2.75) is 26.3 Å². The molecule has 4 heteroatoms. The third-order valence-corrected chi connectivity index (χ3v) is 2.59. The zero-order valence-electron chi connectivity index (χ0n) is 11.8. The average molecular weight is 275 g/mol. The normalized spacial score (nSPS) is 9.70. The van der Waals surface area contributed by atoms with E-state index < -0.39 is 0 Å². The number of hydrogen-bond acceptors (Lipinski definition) is 3. The summed E-state index contributed by atoms with van der Waals surface area (Å²) in [6.45, 7) is 3.59. The van der Waals surface area contributed by atoms with E-state index in [0.29, 0.717) is 32.6 Å². The van der Waals surface area contributed by atoms with Gasteiger partial charge in [-0.15, -0.1) is 0 Å². The highest BCUT2D eigenvalue weighted by Gasteiger charge is 2.00. The van der Waals surface area contributed by atoms with Crippen LogP contribution in [0.2, 0.25) is 0 Å². The van der Waals surface area contributed by atoms with Gasteiger partial charge in [-0.3, -0.25) is 4.79 Å². The molecule has 0 bridgehead atoms. The van der Waals surface area contributed by atoms with Crippen LogP contribution in [0.1, 0.15) is 30.9 Å². The van der Waals surface area contributed by atoms with Crippen molar-refractivity contribution in [3.63, 3.8) is 0 Å². The predicted octanol–water partition coefficient (Wildman–Crippen LogP) is 1.46. The predicted molar refractivity (Wildman–Crippen MR) is 78.0 cm³/mol. The summed E-state index contributed by atoms with van der Waals surface area (Å²) in [5.41, 5.74) is 1.94. The lowest BCUT2D eigenvalue weighted by Crippen LogP contribution is -2.23. The lowest BCUT2D eigenvalue weighted by molar-refractivity contribution is -0.122. The Bertz CT molecular complexity index is 457. The first-order valence-corrected chi connectivity index (χ1v) is 6.79. The Morgan fingerprint density at radius 2 is 2.10 bits per heavy atom. The van der Waals surface area contributed by atoms with E-state index in [2.05, 4.69) is 17.2 Å². The van der Waals surface area contributed by atoms with Crippen LogP contribution in [-0.2, 0) is 16.1 Å². The number of hydrogen-bond donors (Lipinski definition) is 2.